The summed E-state index contributed by atoms with van der Waals surface area (Å²) in [4.78, 5) is 2.37. The summed E-state index contributed by atoms with van der Waals surface area (Å²) in [7, 11) is 0. The van der Waals surface area contributed by atoms with E-state index in [4.69, 9.17) is 16.3 Å². The number of halogens is 1. The van der Waals surface area contributed by atoms with Gasteiger partial charge in [-0.1, -0.05) is 24.6 Å². The highest BCUT2D eigenvalue weighted by molar-refractivity contribution is 6.30. The predicted molar refractivity (Wildman–Crippen MR) is 77.8 cm³/mol. The van der Waals surface area contributed by atoms with Crippen molar-refractivity contribution >= 4 is 11.6 Å². The first-order valence-corrected chi connectivity index (χ1v) is 7.21. The first kappa shape index (κ1) is 14.6. The molecular weight excluding hydrogens is 262 g/mol. The molecule has 1 heterocycles. The molecular formula is C15H22ClNO2. The molecule has 0 aliphatic carbocycles. The third kappa shape index (κ3) is 4.37. The van der Waals surface area contributed by atoms with Crippen LogP contribution >= 0.6 is 11.6 Å². The van der Waals surface area contributed by atoms with Crippen LogP contribution in [-0.2, 0) is 0 Å². The maximum Gasteiger partial charge on any atom is 0.120 e. The second-order valence-corrected chi connectivity index (χ2v) is 6.09. The average molecular weight is 284 g/mol. The van der Waals surface area contributed by atoms with Gasteiger partial charge >= 0.3 is 0 Å². The summed E-state index contributed by atoms with van der Waals surface area (Å²) in [6.45, 7) is 6.00. The molecule has 0 spiro atoms. The highest BCUT2D eigenvalue weighted by Crippen LogP contribution is 2.28. The number of piperidine rings is 1. The molecule has 1 fully saturated rings. The Morgan fingerprint density at radius 2 is 2.32 bits per heavy atom. The summed E-state index contributed by atoms with van der Waals surface area (Å²) in [6.07, 6.45) is 2.25. The minimum absolute atomic E-state index is 0.0499. The van der Waals surface area contributed by atoms with Crippen molar-refractivity contribution in [1.29, 1.82) is 0 Å². The van der Waals surface area contributed by atoms with Gasteiger partial charge in [-0.2, -0.15) is 0 Å². The zero-order valence-electron chi connectivity index (χ0n) is 11.4. The molecule has 0 bridgehead atoms. The number of aliphatic hydroxyl groups is 1. The standard InChI is InChI=1S/C15H22ClNO2/c1-15(12-18)6-3-7-17(11-15)8-9-19-14-5-2-4-13(16)10-14/h2,4-5,10,18H,3,6-9,11-12H2,1H3. The summed E-state index contributed by atoms with van der Waals surface area (Å²) in [5.74, 6) is 0.814. The lowest BCUT2D eigenvalue weighted by atomic mass is 9.83. The van der Waals surface area contributed by atoms with Crippen LogP contribution in [0.4, 0.5) is 0 Å². The number of benzene rings is 1. The summed E-state index contributed by atoms with van der Waals surface area (Å²) < 4.78 is 5.70. The Balaban J connectivity index is 1.76. The quantitative estimate of drug-likeness (QED) is 0.902. The minimum Gasteiger partial charge on any atom is -0.492 e. The Labute approximate surface area is 120 Å². The molecule has 0 amide bonds. The van der Waals surface area contributed by atoms with Crippen LogP contribution in [0.1, 0.15) is 19.8 Å². The topological polar surface area (TPSA) is 32.7 Å². The van der Waals surface area contributed by atoms with Crippen LogP contribution in [0.15, 0.2) is 24.3 Å². The molecule has 19 heavy (non-hydrogen) atoms. The van der Waals surface area contributed by atoms with Gasteiger partial charge in [-0.25, -0.2) is 0 Å². The summed E-state index contributed by atoms with van der Waals surface area (Å²) in [5, 5.41) is 10.1. The molecule has 1 unspecified atom stereocenters. The van der Waals surface area contributed by atoms with Gasteiger partial charge in [0.05, 0.1) is 0 Å². The molecule has 1 aliphatic rings. The molecule has 1 aliphatic heterocycles. The van der Waals surface area contributed by atoms with Gasteiger partial charge < -0.3 is 9.84 Å². The molecule has 0 radical (unpaired) electrons. The lowest BCUT2D eigenvalue weighted by molar-refractivity contribution is 0.0406. The maximum absolute atomic E-state index is 9.43. The fourth-order valence-electron chi connectivity index (χ4n) is 2.60. The lowest BCUT2D eigenvalue weighted by Crippen LogP contribution is -2.44. The van der Waals surface area contributed by atoms with E-state index in [0.29, 0.717) is 11.6 Å². The number of nitrogens with zero attached hydrogens (tertiary/aromatic N) is 1. The van der Waals surface area contributed by atoms with E-state index in [0.717, 1.165) is 38.2 Å². The number of hydrogen-bond acceptors (Lipinski definition) is 3. The summed E-state index contributed by atoms with van der Waals surface area (Å²) >= 11 is 5.91. The van der Waals surface area contributed by atoms with E-state index in [9.17, 15) is 5.11 Å². The van der Waals surface area contributed by atoms with E-state index in [1.807, 2.05) is 24.3 Å². The number of rotatable bonds is 5. The van der Waals surface area contributed by atoms with Crippen LogP contribution in [0.3, 0.4) is 0 Å². The Hall–Kier alpha value is -0.770. The van der Waals surface area contributed by atoms with Gasteiger partial charge in [0.25, 0.3) is 0 Å². The molecule has 1 atom stereocenters. The molecule has 1 N–H and O–H groups in total. The molecule has 1 aromatic carbocycles. The monoisotopic (exact) mass is 283 g/mol. The molecule has 0 saturated carbocycles. The highest BCUT2D eigenvalue weighted by atomic mass is 35.5. The van der Waals surface area contributed by atoms with Crippen molar-refractivity contribution in [2.45, 2.75) is 19.8 Å². The van der Waals surface area contributed by atoms with Crippen LogP contribution in [0.2, 0.25) is 5.02 Å². The Morgan fingerprint density at radius 3 is 3.05 bits per heavy atom. The summed E-state index contributed by atoms with van der Waals surface area (Å²) in [5.41, 5.74) is 0.0499. The normalized spacial score (nSPS) is 24.4. The third-order valence-corrected chi connectivity index (χ3v) is 3.95. The number of likely N-dealkylation sites (tertiary alicyclic amines) is 1. The van der Waals surface area contributed by atoms with E-state index in [1.165, 1.54) is 0 Å². The van der Waals surface area contributed by atoms with Gasteiger partial charge in [0.15, 0.2) is 0 Å². The lowest BCUT2D eigenvalue weighted by Gasteiger charge is -2.39. The summed E-state index contributed by atoms with van der Waals surface area (Å²) in [6, 6.07) is 7.47. The SMILES string of the molecule is CC1(CO)CCCN(CCOc2cccc(Cl)c2)C1. The van der Waals surface area contributed by atoms with Crippen LogP contribution in [0.25, 0.3) is 0 Å². The zero-order chi connectivity index (χ0) is 13.7. The fraction of sp³-hybridized carbons (Fsp3) is 0.600. The molecule has 1 aromatic rings. The second-order valence-electron chi connectivity index (χ2n) is 5.65. The molecule has 2 rings (SSSR count). The van der Waals surface area contributed by atoms with Crippen LogP contribution < -0.4 is 4.74 Å². The van der Waals surface area contributed by atoms with Crippen molar-refractivity contribution in [3.8, 4) is 5.75 Å². The van der Waals surface area contributed by atoms with E-state index in [2.05, 4.69) is 11.8 Å². The fourth-order valence-corrected chi connectivity index (χ4v) is 2.78. The van der Waals surface area contributed by atoms with Gasteiger partial charge in [-0.15, -0.1) is 0 Å². The first-order valence-electron chi connectivity index (χ1n) is 6.83. The molecule has 3 nitrogen and oxygen atoms in total. The van der Waals surface area contributed by atoms with Gasteiger partial charge in [-0.3, -0.25) is 4.90 Å². The molecule has 106 valence electrons. The van der Waals surface area contributed by atoms with Crippen molar-refractivity contribution in [2.75, 3.05) is 32.8 Å². The van der Waals surface area contributed by atoms with Crippen LogP contribution in [0.5, 0.6) is 5.75 Å². The van der Waals surface area contributed by atoms with Gasteiger partial charge in [0.1, 0.15) is 12.4 Å². The van der Waals surface area contributed by atoms with Crippen LogP contribution in [0, 0.1) is 5.41 Å². The highest BCUT2D eigenvalue weighted by Gasteiger charge is 2.29. The minimum atomic E-state index is 0.0499. The number of aliphatic hydroxyl groups excluding tert-OH is 1. The van der Waals surface area contributed by atoms with Crippen molar-refractivity contribution in [3.05, 3.63) is 29.3 Å². The van der Waals surface area contributed by atoms with Crippen LogP contribution in [-0.4, -0.2) is 42.9 Å². The van der Waals surface area contributed by atoms with Crippen molar-refractivity contribution < 1.29 is 9.84 Å². The second kappa shape index (κ2) is 6.60. The molecule has 0 aromatic heterocycles. The van der Waals surface area contributed by atoms with Crippen molar-refractivity contribution in [2.24, 2.45) is 5.41 Å². The van der Waals surface area contributed by atoms with Gasteiger partial charge in [0, 0.05) is 30.1 Å². The zero-order valence-corrected chi connectivity index (χ0v) is 12.2. The van der Waals surface area contributed by atoms with Crippen molar-refractivity contribution in [3.63, 3.8) is 0 Å². The largest absolute Gasteiger partial charge is 0.492 e. The Kier molecular flexibility index (Phi) is 5.08. The van der Waals surface area contributed by atoms with Crippen molar-refractivity contribution in [1.82, 2.24) is 4.90 Å². The Morgan fingerprint density at radius 1 is 1.47 bits per heavy atom. The van der Waals surface area contributed by atoms with E-state index in [-0.39, 0.29) is 12.0 Å². The van der Waals surface area contributed by atoms with E-state index in [1.54, 1.807) is 0 Å². The predicted octanol–water partition coefficient (Wildman–Crippen LogP) is 2.81. The van der Waals surface area contributed by atoms with Gasteiger partial charge in [0.2, 0.25) is 0 Å². The first-order chi connectivity index (χ1) is 9.11. The third-order valence-electron chi connectivity index (χ3n) is 3.71. The van der Waals surface area contributed by atoms with E-state index < -0.39 is 0 Å². The number of hydrogen-bond donors (Lipinski definition) is 1. The maximum atomic E-state index is 9.43. The molecule has 4 heteroatoms. The van der Waals surface area contributed by atoms with Gasteiger partial charge in [-0.05, 0) is 37.6 Å². The van der Waals surface area contributed by atoms with E-state index >= 15 is 0 Å². The Bertz CT molecular complexity index is 413. The smallest absolute Gasteiger partial charge is 0.120 e. The average Bonchev–Trinajstić information content (AvgIpc) is 2.39. The molecule has 1 saturated heterocycles. The number of ether oxygens (including phenoxy) is 1.